The van der Waals surface area contributed by atoms with Gasteiger partial charge in [0.05, 0.1) is 12.8 Å². The molecule has 68 valence electrons. The Kier molecular flexibility index (Phi) is 1.73. The number of ether oxygens (including phenoxy) is 1. The highest BCUT2D eigenvalue weighted by molar-refractivity contribution is 7.23. The minimum atomic E-state index is 0.578. The van der Waals surface area contributed by atoms with Gasteiger partial charge in [-0.25, -0.2) is 4.98 Å². The molecule has 13 heavy (non-hydrogen) atoms. The molecule has 0 aromatic carbocycles. The second-order valence-corrected chi connectivity index (χ2v) is 3.62. The summed E-state index contributed by atoms with van der Waals surface area (Å²) in [5, 5.41) is 1.50. The summed E-state index contributed by atoms with van der Waals surface area (Å²) in [4.78, 5) is 5.03. The van der Waals surface area contributed by atoms with Crippen molar-refractivity contribution < 1.29 is 4.74 Å². The molecule has 0 aliphatic heterocycles. The molecular weight excluding hydrogens is 186 g/mol. The first-order valence-corrected chi connectivity index (χ1v) is 4.52. The van der Waals surface area contributed by atoms with Crippen LogP contribution in [0.2, 0.25) is 0 Å². The van der Waals surface area contributed by atoms with Gasteiger partial charge in [-0.1, -0.05) is 11.3 Å². The molecule has 0 saturated carbocycles. The minimum absolute atomic E-state index is 0.578. The number of hydrogen-bond acceptors (Lipinski definition) is 5. The molecule has 0 unspecified atom stereocenters. The first-order chi connectivity index (χ1) is 6.22. The second kappa shape index (κ2) is 2.77. The number of nitrogens with zero attached hydrogens (tertiary/aromatic N) is 1. The molecule has 0 aliphatic carbocycles. The summed E-state index contributed by atoms with van der Waals surface area (Å²) in [6, 6.07) is 3.63. The van der Waals surface area contributed by atoms with Gasteiger partial charge in [0, 0.05) is 11.5 Å². The van der Waals surface area contributed by atoms with Gasteiger partial charge in [0.25, 0.3) is 0 Å². The number of nitrogens with two attached hydrogens (primary N) is 2. The number of hydrogen-bond donors (Lipinski definition) is 2. The molecule has 2 heterocycles. The van der Waals surface area contributed by atoms with Gasteiger partial charge >= 0.3 is 0 Å². The Hall–Kier alpha value is -1.49. The third-order valence-electron chi connectivity index (χ3n) is 1.81. The van der Waals surface area contributed by atoms with Crippen molar-refractivity contribution in [3.05, 3.63) is 12.1 Å². The van der Waals surface area contributed by atoms with E-state index in [1.54, 1.807) is 13.2 Å². The highest BCUT2D eigenvalue weighted by Gasteiger charge is 2.07. The standard InChI is InChI=1S/C8H9N3OS/c1-12-5-3-2-4-6(9)7(10)13-8(4)11-5/h2-3H,9-10H2,1H3. The Balaban J connectivity index is 2.73. The molecule has 0 spiro atoms. The Morgan fingerprint density at radius 3 is 2.85 bits per heavy atom. The van der Waals surface area contributed by atoms with E-state index in [-0.39, 0.29) is 0 Å². The molecule has 0 aliphatic rings. The normalized spacial score (nSPS) is 10.5. The molecule has 4 N–H and O–H groups in total. The Morgan fingerprint density at radius 1 is 1.38 bits per heavy atom. The van der Waals surface area contributed by atoms with Crippen molar-refractivity contribution in [2.24, 2.45) is 0 Å². The maximum atomic E-state index is 5.73. The lowest BCUT2D eigenvalue weighted by Gasteiger charge is -1.96. The maximum absolute atomic E-state index is 5.73. The smallest absolute Gasteiger partial charge is 0.214 e. The lowest BCUT2D eigenvalue weighted by molar-refractivity contribution is 0.400. The molecule has 0 bridgehead atoms. The van der Waals surface area contributed by atoms with Crippen molar-refractivity contribution in [3.63, 3.8) is 0 Å². The minimum Gasteiger partial charge on any atom is -0.481 e. The summed E-state index contributed by atoms with van der Waals surface area (Å²) in [5.74, 6) is 0.578. The van der Waals surface area contributed by atoms with E-state index < -0.39 is 0 Å². The lowest BCUT2D eigenvalue weighted by Crippen LogP contribution is -1.89. The molecule has 0 amide bonds. The molecule has 0 fully saturated rings. The van der Waals surface area contributed by atoms with Crippen LogP contribution in [-0.4, -0.2) is 12.1 Å². The average Bonchev–Trinajstić information content (AvgIpc) is 2.42. The fraction of sp³-hybridized carbons (Fsp3) is 0.125. The zero-order valence-corrected chi connectivity index (χ0v) is 7.89. The van der Waals surface area contributed by atoms with Crippen LogP contribution in [0, 0.1) is 0 Å². The quantitative estimate of drug-likeness (QED) is 0.722. The van der Waals surface area contributed by atoms with Crippen LogP contribution < -0.4 is 16.2 Å². The summed E-state index contributed by atoms with van der Waals surface area (Å²) >= 11 is 1.37. The molecule has 2 aromatic rings. The summed E-state index contributed by atoms with van der Waals surface area (Å²) in [6.45, 7) is 0. The van der Waals surface area contributed by atoms with Gasteiger partial charge in [-0.3, -0.25) is 0 Å². The van der Waals surface area contributed by atoms with Crippen LogP contribution in [0.15, 0.2) is 12.1 Å². The fourth-order valence-electron chi connectivity index (χ4n) is 1.11. The van der Waals surface area contributed by atoms with E-state index in [1.807, 2.05) is 6.07 Å². The Bertz CT molecular complexity index is 452. The van der Waals surface area contributed by atoms with Gasteiger partial charge in [-0.15, -0.1) is 0 Å². The van der Waals surface area contributed by atoms with Crippen molar-refractivity contribution in [2.75, 3.05) is 18.6 Å². The van der Waals surface area contributed by atoms with Crippen molar-refractivity contribution >= 4 is 32.2 Å². The van der Waals surface area contributed by atoms with E-state index in [4.69, 9.17) is 16.2 Å². The van der Waals surface area contributed by atoms with Gasteiger partial charge in [0.2, 0.25) is 5.88 Å². The van der Waals surface area contributed by atoms with E-state index in [0.717, 1.165) is 10.2 Å². The first kappa shape index (κ1) is 8.12. The monoisotopic (exact) mass is 195 g/mol. The lowest BCUT2D eigenvalue weighted by atomic mass is 10.3. The highest BCUT2D eigenvalue weighted by Crippen LogP contribution is 2.35. The SMILES string of the molecule is COc1ccc2c(N)c(N)sc2n1. The third kappa shape index (κ3) is 1.17. The van der Waals surface area contributed by atoms with E-state index >= 15 is 0 Å². The summed E-state index contributed by atoms with van der Waals surface area (Å²) in [6.07, 6.45) is 0. The van der Waals surface area contributed by atoms with Crippen LogP contribution in [-0.2, 0) is 0 Å². The molecule has 0 saturated heterocycles. The predicted molar refractivity (Wildman–Crippen MR) is 55.0 cm³/mol. The second-order valence-electron chi connectivity index (χ2n) is 2.59. The highest BCUT2D eigenvalue weighted by atomic mass is 32.1. The number of anilines is 2. The zero-order valence-electron chi connectivity index (χ0n) is 7.07. The number of rotatable bonds is 1. The van der Waals surface area contributed by atoms with Gasteiger partial charge in [0.1, 0.15) is 9.83 Å². The Morgan fingerprint density at radius 2 is 2.15 bits per heavy atom. The number of fused-ring (bicyclic) bond motifs is 1. The molecule has 2 rings (SSSR count). The number of aromatic nitrogens is 1. The largest absolute Gasteiger partial charge is 0.481 e. The van der Waals surface area contributed by atoms with Crippen LogP contribution in [0.25, 0.3) is 10.2 Å². The average molecular weight is 195 g/mol. The Labute approximate surface area is 79.1 Å². The number of thiophene rings is 1. The topological polar surface area (TPSA) is 74.2 Å². The zero-order chi connectivity index (χ0) is 9.42. The van der Waals surface area contributed by atoms with Gasteiger partial charge < -0.3 is 16.2 Å². The molecule has 0 atom stereocenters. The number of pyridine rings is 1. The van der Waals surface area contributed by atoms with E-state index in [0.29, 0.717) is 16.6 Å². The third-order valence-corrected chi connectivity index (χ3v) is 2.75. The summed E-state index contributed by atoms with van der Waals surface area (Å²) in [5.41, 5.74) is 12.0. The van der Waals surface area contributed by atoms with E-state index in [2.05, 4.69) is 4.98 Å². The molecular formula is C8H9N3OS. The van der Waals surface area contributed by atoms with Crippen molar-refractivity contribution in [2.45, 2.75) is 0 Å². The number of methoxy groups -OCH3 is 1. The van der Waals surface area contributed by atoms with Crippen LogP contribution in [0.4, 0.5) is 10.7 Å². The van der Waals surface area contributed by atoms with Gasteiger partial charge in [-0.05, 0) is 6.07 Å². The fourth-order valence-corrected chi connectivity index (χ4v) is 1.96. The number of nitrogen functional groups attached to an aromatic ring is 2. The van der Waals surface area contributed by atoms with Crippen molar-refractivity contribution in [1.82, 2.24) is 4.98 Å². The van der Waals surface area contributed by atoms with E-state index in [9.17, 15) is 0 Å². The van der Waals surface area contributed by atoms with Gasteiger partial charge in [-0.2, -0.15) is 0 Å². The summed E-state index contributed by atoms with van der Waals surface area (Å²) < 4.78 is 4.99. The van der Waals surface area contributed by atoms with Crippen LogP contribution in [0.5, 0.6) is 5.88 Å². The first-order valence-electron chi connectivity index (χ1n) is 3.71. The molecule has 4 nitrogen and oxygen atoms in total. The molecule has 5 heteroatoms. The van der Waals surface area contributed by atoms with Crippen LogP contribution in [0.1, 0.15) is 0 Å². The van der Waals surface area contributed by atoms with Crippen molar-refractivity contribution in [1.29, 1.82) is 0 Å². The maximum Gasteiger partial charge on any atom is 0.214 e. The van der Waals surface area contributed by atoms with Crippen LogP contribution >= 0.6 is 11.3 Å². The van der Waals surface area contributed by atoms with E-state index in [1.165, 1.54) is 11.3 Å². The van der Waals surface area contributed by atoms with Crippen LogP contribution in [0.3, 0.4) is 0 Å². The van der Waals surface area contributed by atoms with Gasteiger partial charge in [0.15, 0.2) is 0 Å². The summed E-state index contributed by atoms with van der Waals surface area (Å²) in [7, 11) is 1.58. The molecule has 0 radical (unpaired) electrons. The molecule has 2 aromatic heterocycles. The van der Waals surface area contributed by atoms with Crippen molar-refractivity contribution in [3.8, 4) is 5.88 Å². The predicted octanol–water partition coefficient (Wildman–Crippen LogP) is 1.47.